The van der Waals surface area contributed by atoms with E-state index in [1.165, 1.54) is 33.8 Å². The number of nitrogens with zero attached hydrogens (tertiary/aromatic N) is 2. The van der Waals surface area contributed by atoms with Crippen molar-refractivity contribution in [3.63, 3.8) is 0 Å². The zero-order chi connectivity index (χ0) is 21.5. The third kappa shape index (κ3) is 3.84. The first-order valence-electron chi connectivity index (χ1n) is 9.69. The average Bonchev–Trinajstić information content (AvgIpc) is 3.14. The van der Waals surface area contributed by atoms with Crippen molar-refractivity contribution in [2.75, 3.05) is 18.4 Å². The van der Waals surface area contributed by atoms with Crippen LogP contribution in [0.1, 0.15) is 24.0 Å². The number of aromatic nitrogens is 1. The van der Waals surface area contributed by atoms with E-state index >= 15 is 0 Å². The quantitative estimate of drug-likeness (QED) is 0.653. The minimum atomic E-state index is -3.91. The maximum atomic E-state index is 14.0. The topological polar surface area (TPSA) is 79.4 Å². The number of halogens is 1. The number of sulfonamides is 1. The molecule has 0 unspecified atom stereocenters. The molecule has 2 aromatic carbocycles. The van der Waals surface area contributed by atoms with Crippen LogP contribution in [0.2, 0.25) is 0 Å². The zero-order valence-electron chi connectivity index (χ0n) is 16.7. The zero-order valence-corrected chi connectivity index (χ0v) is 18.3. The molecule has 1 aliphatic rings. The molecule has 0 bridgehead atoms. The fraction of sp³-hybridized carbons (Fsp3) is 0.333. The van der Waals surface area contributed by atoms with Crippen molar-refractivity contribution >= 4 is 42.6 Å². The number of nitrogens with one attached hydrogen (secondary N) is 1. The summed E-state index contributed by atoms with van der Waals surface area (Å²) in [5, 5.41) is 3.43. The van der Waals surface area contributed by atoms with E-state index in [4.69, 9.17) is 0 Å². The van der Waals surface area contributed by atoms with Crippen LogP contribution < -0.4 is 5.32 Å². The number of hydrogen-bond acceptors (Lipinski definition) is 5. The summed E-state index contributed by atoms with van der Waals surface area (Å²) < 4.78 is 41.6. The molecular weight excluding hydrogens is 425 g/mol. The van der Waals surface area contributed by atoms with E-state index < -0.39 is 15.8 Å². The molecule has 1 aliphatic heterocycles. The molecule has 6 nitrogen and oxygen atoms in total. The summed E-state index contributed by atoms with van der Waals surface area (Å²) in [7, 11) is -3.91. The fourth-order valence-corrected chi connectivity index (χ4v) is 6.10. The molecule has 9 heteroatoms. The molecule has 3 aromatic rings. The van der Waals surface area contributed by atoms with Crippen molar-refractivity contribution in [3.05, 3.63) is 53.3 Å². The van der Waals surface area contributed by atoms with Gasteiger partial charge in [0.1, 0.15) is 10.7 Å². The number of hydrogen-bond donors (Lipinski definition) is 1. The Labute approximate surface area is 178 Å². The summed E-state index contributed by atoms with van der Waals surface area (Å²) in [5.41, 5.74) is 3.13. The van der Waals surface area contributed by atoms with E-state index in [1.807, 2.05) is 26.0 Å². The Morgan fingerprint density at radius 1 is 1.17 bits per heavy atom. The maximum Gasteiger partial charge on any atom is 0.245 e. The highest BCUT2D eigenvalue weighted by atomic mass is 32.2. The fourth-order valence-electron chi connectivity index (χ4n) is 3.64. The smallest absolute Gasteiger partial charge is 0.245 e. The Morgan fingerprint density at radius 2 is 1.87 bits per heavy atom. The predicted molar refractivity (Wildman–Crippen MR) is 116 cm³/mol. The molecule has 1 fully saturated rings. The third-order valence-corrected chi connectivity index (χ3v) is 8.46. The number of benzene rings is 2. The molecule has 0 spiro atoms. The number of piperidine rings is 1. The summed E-state index contributed by atoms with van der Waals surface area (Å²) in [6, 6.07) is 9.38. The van der Waals surface area contributed by atoms with E-state index in [2.05, 4.69) is 10.3 Å². The van der Waals surface area contributed by atoms with Crippen molar-refractivity contribution in [3.8, 4) is 0 Å². The molecule has 4 rings (SSSR count). The van der Waals surface area contributed by atoms with Gasteiger partial charge in [0.25, 0.3) is 0 Å². The molecule has 2 heterocycles. The lowest BCUT2D eigenvalue weighted by atomic mass is 9.97. The molecule has 30 heavy (non-hydrogen) atoms. The van der Waals surface area contributed by atoms with Crippen LogP contribution in [0.3, 0.4) is 0 Å². The van der Waals surface area contributed by atoms with Crippen molar-refractivity contribution < 1.29 is 17.6 Å². The Hall–Kier alpha value is -2.36. The average molecular weight is 448 g/mol. The van der Waals surface area contributed by atoms with Crippen molar-refractivity contribution in [2.45, 2.75) is 31.6 Å². The Bertz CT molecular complexity index is 1220. The molecule has 158 valence electrons. The number of thiazole rings is 1. The Kier molecular flexibility index (Phi) is 5.61. The van der Waals surface area contributed by atoms with Gasteiger partial charge in [-0.1, -0.05) is 29.5 Å². The summed E-state index contributed by atoms with van der Waals surface area (Å²) in [6.45, 7) is 4.38. The summed E-state index contributed by atoms with van der Waals surface area (Å²) >= 11 is 1.43. The third-order valence-electron chi connectivity index (χ3n) is 5.59. The SMILES string of the molecule is Cc1ccc2sc(NC(=O)C3CCN(S(=O)(=O)c4ccccc4F)CC3)nc2c1C. The van der Waals surface area contributed by atoms with Gasteiger partial charge in [-0.25, -0.2) is 17.8 Å². The summed E-state index contributed by atoms with van der Waals surface area (Å²) in [5.74, 6) is -1.24. The van der Waals surface area contributed by atoms with E-state index in [1.54, 1.807) is 0 Å². The molecule has 0 saturated carbocycles. The maximum absolute atomic E-state index is 14.0. The van der Waals surface area contributed by atoms with E-state index in [0.29, 0.717) is 18.0 Å². The van der Waals surface area contributed by atoms with Crippen LogP contribution in [0.4, 0.5) is 9.52 Å². The number of fused-ring (bicyclic) bond motifs is 1. The highest BCUT2D eigenvalue weighted by Crippen LogP contribution is 2.31. The lowest BCUT2D eigenvalue weighted by molar-refractivity contribution is -0.120. The van der Waals surface area contributed by atoms with E-state index in [0.717, 1.165) is 27.4 Å². The van der Waals surface area contributed by atoms with Gasteiger partial charge < -0.3 is 5.32 Å². The normalized spacial score (nSPS) is 16.1. The van der Waals surface area contributed by atoms with Gasteiger partial charge in [0, 0.05) is 19.0 Å². The summed E-state index contributed by atoms with van der Waals surface area (Å²) in [6.07, 6.45) is 0.755. The van der Waals surface area contributed by atoms with Gasteiger partial charge in [-0.2, -0.15) is 4.31 Å². The van der Waals surface area contributed by atoms with Crippen molar-refractivity contribution in [1.29, 1.82) is 0 Å². The van der Waals surface area contributed by atoms with Gasteiger partial charge >= 0.3 is 0 Å². The lowest BCUT2D eigenvalue weighted by Crippen LogP contribution is -2.41. The van der Waals surface area contributed by atoms with Crippen LogP contribution in [0.15, 0.2) is 41.3 Å². The second kappa shape index (κ2) is 8.05. The van der Waals surface area contributed by atoms with E-state index in [-0.39, 0.29) is 29.8 Å². The van der Waals surface area contributed by atoms with Crippen LogP contribution in [-0.2, 0) is 14.8 Å². The highest BCUT2D eigenvalue weighted by Gasteiger charge is 2.33. The first-order chi connectivity index (χ1) is 14.3. The minimum absolute atomic E-state index is 0.161. The first-order valence-corrected chi connectivity index (χ1v) is 12.0. The van der Waals surface area contributed by atoms with Gasteiger partial charge in [0.05, 0.1) is 10.2 Å². The largest absolute Gasteiger partial charge is 0.302 e. The standard InChI is InChI=1S/C21H22FN3O3S2/c1-13-7-8-17-19(14(13)2)23-21(29-17)24-20(26)15-9-11-25(12-10-15)30(27,28)18-6-4-3-5-16(18)22/h3-8,15H,9-12H2,1-2H3,(H,23,24,26). The van der Waals surface area contributed by atoms with Gasteiger partial charge in [-0.15, -0.1) is 0 Å². The molecular formula is C21H22FN3O3S2. The molecule has 0 aliphatic carbocycles. The van der Waals surface area contributed by atoms with Gasteiger partial charge in [0.15, 0.2) is 5.13 Å². The van der Waals surface area contributed by atoms with Crippen LogP contribution >= 0.6 is 11.3 Å². The second-order valence-electron chi connectivity index (χ2n) is 7.47. The predicted octanol–water partition coefficient (Wildman–Crippen LogP) is 4.09. The van der Waals surface area contributed by atoms with Crippen LogP contribution in [0, 0.1) is 25.6 Å². The van der Waals surface area contributed by atoms with Crippen LogP contribution in [-0.4, -0.2) is 36.7 Å². The van der Waals surface area contributed by atoms with Crippen molar-refractivity contribution in [2.24, 2.45) is 5.92 Å². The van der Waals surface area contributed by atoms with Crippen molar-refractivity contribution in [1.82, 2.24) is 9.29 Å². The van der Waals surface area contributed by atoms with Gasteiger partial charge in [-0.05, 0) is 56.0 Å². The first kappa shape index (κ1) is 20.9. The molecule has 0 radical (unpaired) electrons. The number of carbonyl (C=O) groups is 1. The number of amides is 1. The van der Waals surface area contributed by atoms with Crippen LogP contribution in [0.5, 0.6) is 0 Å². The number of anilines is 1. The van der Waals surface area contributed by atoms with Crippen LogP contribution in [0.25, 0.3) is 10.2 Å². The highest BCUT2D eigenvalue weighted by molar-refractivity contribution is 7.89. The minimum Gasteiger partial charge on any atom is -0.302 e. The monoisotopic (exact) mass is 447 g/mol. The number of aryl methyl sites for hydroxylation is 2. The Balaban J connectivity index is 1.42. The Morgan fingerprint density at radius 3 is 2.57 bits per heavy atom. The number of carbonyl (C=O) groups excluding carboxylic acids is 1. The second-order valence-corrected chi connectivity index (χ2v) is 10.4. The van der Waals surface area contributed by atoms with Gasteiger partial charge in [0.2, 0.25) is 15.9 Å². The molecule has 1 amide bonds. The molecule has 1 aromatic heterocycles. The number of rotatable bonds is 4. The molecule has 0 atom stereocenters. The van der Waals surface area contributed by atoms with E-state index in [9.17, 15) is 17.6 Å². The van der Waals surface area contributed by atoms with Gasteiger partial charge in [-0.3, -0.25) is 4.79 Å². The lowest BCUT2D eigenvalue weighted by Gasteiger charge is -2.30. The molecule has 1 saturated heterocycles. The molecule has 1 N–H and O–H groups in total. The summed E-state index contributed by atoms with van der Waals surface area (Å²) in [4.78, 5) is 16.9.